The highest BCUT2D eigenvalue weighted by Crippen LogP contribution is 2.25. The zero-order valence-electron chi connectivity index (χ0n) is 16.4. The van der Waals surface area contributed by atoms with Crippen LogP contribution in [0.4, 0.5) is 5.69 Å². The zero-order valence-corrected chi connectivity index (χ0v) is 16.4. The van der Waals surface area contributed by atoms with E-state index in [1.54, 1.807) is 55.9 Å². The molecule has 0 bridgehead atoms. The summed E-state index contributed by atoms with van der Waals surface area (Å²) in [5, 5.41) is 7.65. The summed E-state index contributed by atoms with van der Waals surface area (Å²) in [6, 6.07) is 8.65. The highest BCUT2D eigenvalue weighted by molar-refractivity contribution is 6.05. The molecule has 0 radical (unpaired) electrons. The minimum atomic E-state index is -1.00. The van der Waals surface area contributed by atoms with Crippen molar-refractivity contribution in [3.05, 3.63) is 47.3 Å². The first-order valence-corrected chi connectivity index (χ1v) is 8.77. The molecule has 8 heteroatoms. The largest absolute Gasteiger partial charge is 0.495 e. The number of nitrogens with one attached hydrogen (secondary N) is 1. The summed E-state index contributed by atoms with van der Waals surface area (Å²) in [7, 11) is 3.28. The van der Waals surface area contributed by atoms with Crippen molar-refractivity contribution < 1.29 is 19.1 Å². The SMILES string of the molecule is COc1ccccc1NC(=O)C(C)OC(=O)c1cc(C)nc2c1c(C)nn2C. The van der Waals surface area contributed by atoms with Crippen LogP contribution in [0.2, 0.25) is 0 Å². The summed E-state index contributed by atoms with van der Waals surface area (Å²) in [6.45, 7) is 5.11. The topological polar surface area (TPSA) is 95.3 Å². The lowest BCUT2D eigenvalue weighted by molar-refractivity contribution is -0.123. The van der Waals surface area contributed by atoms with Crippen molar-refractivity contribution >= 4 is 28.6 Å². The van der Waals surface area contributed by atoms with Gasteiger partial charge in [0.15, 0.2) is 11.8 Å². The molecule has 0 fully saturated rings. The number of pyridine rings is 1. The number of para-hydroxylation sites is 2. The van der Waals surface area contributed by atoms with Gasteiger partial charge in [-0.05, 0) is 39.0 Å². The lowest BCUT2D eigenvalue weighted by atomic mass is 10.1. The van der Waals surface area contributed by atoms with Crippen LogP contribution in [0.15, 0.2) is 30.3 Å². The number of nitrogens with zero attached hydrogens (tertiary/aromatic N) is 3. The second-order valence-electron chi connectivity index (χ2n) is 6.46. The van der Waals surface area contributed by atoms with Gasteiger partial charge in [-0.2, -0.15) is 5.10 Å². The number of anilines is 1. The Morgan fingerprint density at radius 1 is 1.21 bits per heavy atom. The summed E-state index contributed by atoms with van der Waals surface area (Å²) in [4.78, 5) is 29.7. The van der Waals surface area contributed by atoms with Gasteiger partial charge in [-0.1, -0.05) is 12.1 Å². The van der Waals surface area contributed by atoms with Crippen molar-refractivity contribution in [2.24, 2.45) is 7.05 Å². The molecule has 28 heavy (non-hydrogen) atoms. The average molecular weight is 382 g/mol. The van der Waals surface area contributed by atoms with Crippen molar-refractivity contribution in [2.45, 2.75) is 26.9 Å². The van der Waals surface area contributed by atoms with Gasteiger partial charge in [-0.3, -0.25) is 9.48 Å². The number of rotatable bonds is 5. The van der Waals surface area contributed by atoms with Crippen molar-refractivity contribution in [1.29, 1.82) is 0 Å². The van der Waals surface area contributed by atoms with Gasteiger partial charge in [0, 0.05) is 12.7 Å². The summed E-state index contributed by atoms with van der Waals surface area (Å²) in [5.41, 5.74) is 2.76. The molecule has 0 aliphatic carbocycles. The first kappa shape index (κ1) is 19.3. The maximum absolute atomic E-state index is 12.8. The first-order chi connectivity index (χ1) is 13.3. The Kier molecular flexibility index (Phi) is 5.30. The third kappa shape index (κ3) is 3.66. The van der Waals surface area contributed by atoms with E-state index in [9.17, 15) is 9.59 Å². The van der Waals surface area contributed by atoms with Gasteiger partial charge < -0.3 is 14.8 Å². The number of hydrogen-bond acceptors (Lipinski definition) is 6. The summed E-state index contributed by atoms with van der Waals surface area (Å²) in [6.07, 6.45) is -1.00. The molecule has 2 heterocycles. The average Bonchev–Trinajstić information content (AvgIpc) is 2.95. The maximum Gasteiger partial charge on any atom is 0.339 e. The van der Waals surface area contributed by atoms with Gasteiger partial charge in [0.2, 0.25) is 0 Å². The minimum Gasteiger partial charge on any atom is -0.495 e. The lowest BCUT2D eigenvalue weighted by Crippen LogP contribution is -2.30. The monoisotopic (exact) mass is 382 g/mol. The van der Waals surface area contributed by atoms with Crippen molar-refractivity contribution in [3.8, 4) is 5.75 Å². The van der Waals surface area contributed by atoms with Gasteiger partial charge in [0.05, 0.1) is 29.4 Å². The molecule has 3 rings (SSSR count). The van der Waals surface area contributed by atoms with E-state index in [-0.39, 0.29) is 0 Å². The quantitative estimate of drug-likeness (QED) is 0.682. The van der Waals surface area contributed by atoms with E-state index in [0.717, 1.165) is 0 Å². The third-order valence-electron chi connectivity index (χ3n) is 4.33. The van der Waals surface area contributed by atoms with Crippen LogP contribution < -0.4 is 10.1 Å². The van der Waals surface area contributed by atoms with Crippen LogP contribution >= 0.6 is 0 Å². The first-order valence-electron chi connectivity index (χ1n) is 8.77. The Bertz CT molecular complexity index is 1060. The molecule has 0 spiro atoms. The molecular formula is C20H22N4O4. The number of ether oxygens (including phenoxy) is 2. The number of hydrogen-bond donors (Lipinski definition) is 1. The van der Waals surface area contributed by atoms with Gasteiger partial charge >= 0.3 is 5.97 Å². The smallest absolute Gasteiger partial charge is 0.339 e. The fourth-order valence-electron chi connectivity index (χ4n) is 2.99. The van der Waals surface area contributed by atoms with E-state index >= 15 is 0 Å². The molecule has 8 nitrogen and oxygen atoms in total. The second-order valence-corrected chi connectivity index (χ2v) is 6.46. The zero-order chi connectivity index (χ0) is 20.4. The molecule has 0 aliphatic rings. The Morgan fingerprint density at radius 2 is 1.93 bits per heavy atom. The maximum atomic E-state index is 12.8. The van der Waals surface area contributed by atoms with Crippen LogP contribution in [0.3, 0.4) is 0 Å². The molecule has 1 aromatic carbocycles. The number of methoxy groups -OCH3 is 1. The van der Waals surface area contributed by atoms with Crippen LogP contribution in [0, 0.1) is 13.8 Å². The van der Waals surface area contributed by atoms with Crippen LogP contribution in [0.1, 0.15) is 28.7 Å². The van der Waals surface area contributed by atoms with Crippen LogP contribution in [-0.4, -0.2) is 39.9 Å². The van der Waals surface area contributed by atoms with Crippen LogP contribution in [0.25, 0.3) is 11.0 Å². The molecule has 1 unspecified atom stereocenters. The Morgan fingerprint density at radius 3 is 2.64 bits per heavy atom. The fraction of sp³-hybridized carbons (Fsp3) is 0.300. The number of aromatic nitrogens is 3. The van der Waals surface area contributed by atoms with Gasteiger partial charge in [-0.25, -0.2) is 9.78 Å². The van der Waals surface area contributed by atoms with E-state index in [1.165, 1.54) is 14.0 Å². The van der Waals surface area contributed by atoms with E-state index in [1.807, 2.05) is 0 Å². The van der Waals surface area contributed by atoms with Gasteiger partial charge in [0.1, 0.15) is 5.75 Å². The number of carbonyl (C=O) groups excluding carboxylic acids is 2. The van der Waals surface area contributed by atoms with Crippen molar-refractivity contribution in [2.75, 3.05) is 12.4 Å². The second kappa shape index (κ2) is 7.67. The predicted octanol–water partition coefficient (Wildman–Crippen LogP) is 2.78. The highest BCUT2D eigenvalue weighted by Gasteiger charge is 2.24. The molecule has 1 atom stereocenters. The van der Waals surface area contributed by atoms with E-state index in [2.05, 4.69) is 15.4 Å². The number of carbonyl (C=O) groups is 2. The molecule has 1 N–H and O–H groups in total. The molecule has 146 valence electrons. The summed E-state index contributed by atoms with van der Waals surface area (Å²) >= 11 is 0. The molecule has 0 aliphatic heterocycles. The Hall–Kier alpha value is -3.42. The van der Waals surface area contributed by atoms with E-state index in [0.29, 0.717) is 39.4 Å². The van der Waals surface area contributed by atoms with E-state index < -0.39 is 18.0 Å². The van der Waals surface area contributed by atoms with Crippen LogP contribution in [-0.2, 0) is 16.6 Å². The summed E-state index contributed by atoms with van der Waals surface area (Å²) < 4.78 is 12.2. The molecule has 0 saturated carbocycles. The molecule has 1 amide bonds. The van der Waals surface area contributed by atoms with Crippen molar-refractivity contribution in [1.82, 2.24) is 14.8 Å². The highest BCUT2D eigenvalue weighted by atomic mass is 16.5. The molecule has 3 aromatic rings. The Balaban J connectivity index is 1.81. The van der Waals surface area contributed by atoms with Crippen molar-refractivity contribution in [3.63, 3.8) is 0 Å². The minimum absolute atomic E-state index is 0.338. The molecule has 2 aromatic heterocycles. The number of aryl methyl sites for hydroxylation is 3. The number of benzene rings is 1. The van der Waals surface area contributed by atoms with Gasteiger partial charge in [-0.15, -0.1) is 0 Å². The lowest BCUT2D eigenvalue weighted by Gasteiger charge is -2.15. The normalized spacial score (nSPS) is 11.9. The predicted molar refractivity (Wildman–Crippen MR) is 104 cm³/mol. The number of fused-ring (bicyclic) bond motifs is 1. The summed E-state index contributed by atoms with van der Waals surface area (Å²) in [5.74, 6) is -0.538. The van der Waals surface area contributed by atoms with Gasteiger partial charge in [0.25, 0.3) is 5.91 Å². The Labute approximate surface area is 162 Å². The van der Waals surface area contributed by atoms with E-state index in [4.69, 9.17) is 9.47 Å². The van der Waals surface area contributed by atoms with Crippen LogP contribution in [0.5, 0.6) is 5.75 Å². The standard InChI is InChI=1S/C20H22N4O4/c1-11-10-14(17-12(2)23-24(4)18(17)21-11)20(26)28-13(3)19(25)22-15-8-6-7-9-16(15)27-5/h6-10,13H,1-5H3,(H,22,25). The number of amides is 1. The fourth-order valence-corrected chi connectivity index (χ4v) is 2.99. The molecule has 0 saturated heterocycles. The number of esters is 1. The molecular weight excluding hydrogens is 360 g/mol. The third-order valence-corrected chi connectivity index (χ3v) is 4.33.